The molecule has 1 atom stereocenters. The van der Waals surface area contributed by atoms with Crippen molar-refractivity contribution < 1.29 is 19.1 Å². The Morgan fingerprint density at radius 3 is 2.62 bits per heavy atom. The highest BCUT2D eigenvalue weighted by atomic mass is 16.6. The number of rotatable bonds is 2. The van der Waals surface area contributed by atoms with Gasteiger partial charge in [-0.25, -0.2) is 19.7 Å². The fourth-order valence-electron chi connectivity index (χ4n) is 3.16. The second-order valence-electron chi connectivity index (χ2n) is 5.43. The normalized spacial score (nSPS) is 34.3. The molecule has 5 rings (SSSR count). The van der Waals surface area contributed by atoms with Gasteiger partial charge in [-0.05, 0) is 12.8 Å². The summed E-state index contributed by atoms with van der Waals surface area (Å²) in [7, 11) is 0. The van der Waals surface area contributed by atoms with Crippen LogP contribution in [0.15, 0.2) is 12.7 Å². The number of ether oxygens (including phenoxy) is 1. The third-order valence-corrected chi connectivity index (χ3v) is 4.33. The van der Waals surface area contributed by atoms with Gasteiger partial charge < -0.3 is 4.74 Å². The number of hydrogen-bond acceptors (Lipinski definition) is 7. The van der Waals surface area contributed by atoms with Crippen molar-refractivity contribution in [2.24, 2.45) is 5.92 Å². The summed E-state index contributed by atoms with van der Waals surface area (Å²) in [6.45, 7) is 0.192. The zero-order chi connectivity index (χ0) is 14.6. The Balaban J connectivity index is 1.59. The standard InChI is InChI=1S/C12H11N5O4/c18-9-6-1-12(2-6,10(19)16-9)17-3-7(21-11(17)20)8-14-4-13-5-15-8/h4-7H,1-3H2,(H,16,18,19). The molecular formula is C12H11N5O4. The van der Waals surface area contributed by atoms with Crippen LogP contribution < -0.4 is 5.32 Å². The highest BCUT2D eigenvalue weighted by Crippen LogP contribution is 2.48. The largest absolute Gasteiger partial charge is 0.436 e. The van der Waals surface area contributed by atoms with Crippen molar-refractivity contribution in [3.8, 4) is 0 Å². The monoisotopic (exact) mass is 289 g/mol. The average molecular weight is 289 g/mol. The van der Waals surface area contributed by atoms with E-state index in [4.69, 9.17) is 4.74 Å². The minimum atomic E-state index is -0.961. The molecule has 9 heteroatoms. The molecule has 0 spiro atoms. The molecule has 1 unspecified atom stereocenters. The van der Waals surface area contributed by atoms with Crippen LogP contribution in [-0.2, 0) is 14.3 Å². The van der Waals surface area contributed by atoms with Crippen LogP contribution >= 0.6 is 0 Å². The van der Waals surface area contributed by atoms with E-state index in [9.17, 15) is 14.4 Å². The molecule has 3 amide bonds. The van der Waals surface area contributed by atoms with E-state index in [1.54, 1.807) is 0 Å². The molecule has 0 aromatic carbocycles. The zero-order valence-electron chi connectivity index (χ0n) is 10.9. The second-order valence-corrected chi connectivity index (χ2v) is 5.43. The number of aromatic nitrogens is 3. The van der Waals surface area contributed by atoms with E-state index in [2.05, 4.69) is 20.3 Å². The van der Waals surface area contributed by atoms with E-state index in [1.807, 2.05) is 0 Å². The van der Waals surface area contributed by atoms with Crippen molar-refractivity contribution in [1.82, 2.24) is 25.2 Å². The average Bonchev–Trinajstić information content (AvgIpc) is 2.81. The summed E-state index contributed by atoms with van der Waals surface area (Å²) in [4.78, 5) is 48.7. The van der Waals surface area contributed by atoms with Gasteiger partial charge >= 0.3 is 6.09 Å². The van der Waals surface area contributed by atoms with E-state index >= 15 is 0 Å². The molecule has 108 valence electrons. The molecule has 0 radical (unpaired) electrons. The number of carbonyl (C=O) groups excluding carboxylic acids is 3. The summed E-state index contributed by atoms with van der Waals surface area (Å²) in [5.41, 5.74) is -0.961. The van der Waals surface area contributed by atoms with E-state index in [-0.39, 0.29) is 18.4 Å². The van der Waals surface area contributed by atoms with Gasteiger partial charge in [0.2, 0.25) is 5.91 Å². The van der Waals surface area contributed by atoms with Gasteiger partial charge in [0.1, 0.15) is 18.2 Å². The first-order chi connectivity index (χ1) is 10.1. The van der Waals surface area contributed by atoms with Crippen LogP contribution in [-0.4, -0.2) is 49.8 Å². The van der Waals surface area contributed by atoms with Gasteiger partial charge in [0.15, 0.2) is 11.9 Å². The van der Waals surface area contributed by atoms with Crippen LogP contribution in [0.5, 0.6) is 0 Å². The van der Waals surface area contributed by atoms with Gasteiger partial charge in [-0.2, -0.15) is 0 Å². The molecule has 1 N–H and O–H groups in total. The lowest BCUT2D eigenvalue weighted by atomic mass is 9.63. The van der Waals surface area contributed by atoms with E-state index < -0.39 is 23.6 Å². The minimum Gasteiger partial charge on any atom is -0.436 e. The number of hydrogen-bond donors (Lipinski definition) is 1. The quantitative estimate of drug-likeness (QED) is 0.706. The number of amides is 3. The Morgan fingerprint density at radius 2 is 1.95 bits per heavy atom. The molecule has 4 fully saturated rings. The maximum absolute atomic E-state index is 12.1. The van der Waals surface area contributed by atoms with Crippen LogP contribution in [0.1, 0.15) is 24.8 Å². The molecule has 2 bridgehead atoms. The number of imide groups is 1. The van der Waals surface area contributed by atoms with Gasteiger partial charge in [-0.15, -0.1) is 0 Å². The highest BCUT2D eigenvalue weighted by Gasteiger charge is 2.64. The summed E-state index contributed by atoms with van der Waals surface area (Å²) in [5, 5.41) is 2.30. The van der Waals surface area contributed by atoms with Crippen LogP contribution in [0, 0.1) is 5.92 Å². The lowest BCUT2D eigenvalue weighted by Gasteiger charge is -2.52. The molecule has 1 aliphatic carbocycles. The van der Waals surface area contributed by atoms with Gasteiger partial charge in [-0.3, -0.25) is 19.8 Å². The SMILES string of the molecule is O=C1NC(=O)C2(N3CC(c4ncncn4)OC3=O)CC1C2. The Morgan fingerprint density at radius 1 is 1.24 bits per heavy atom. The first-order valence-electron chi connectivity index (χ1n) is 6.55. The zero-order valence-corrected chi connectivity index (χ0v) is 10.9. The summed E-state index contributed by atoms with van der Waals surface area (Å²) < 4.78 is 5.25. The van der Waals surface area contributed by atoms with Crippen molar-refractivity contribution in [2.75, 3.05) is 6.54 Å². The minimum absolute atomic E-state index is 0.192. The number of piperidine rings is 2. The third-order valence-electron chi connectivity index (χ3n) is 4.33. The number of nitrogens with one attached hydrogen (secondary N) is 1. The Bertz CT molecular complexity index is 642. The predicted octanol–water partition coefficient (Wildman–Crippen LogP) is -0.830. The molecule has 3 saturated heterocycles. The van der Waals surface area contributed by atoms with Gasteiger partial charge in [0.25, 0.3) is 5.91 Å². The summed E-state index contributed by atoms with van der Waals surface area (Å²) in [6, 6.07) is 0. The number of cyclic esters (lactones) is 1. The predicted molar refractivity (Wildman–Crippen MR) is 64.4 cm³/mol. The van der Waals surface area contributed by atoms with E-state index in [0.29, 0.717) is 18.7 Å². The van der Waals surface area contributed by atoms with E-state index in [0.717, 1.165) is 0 Å². The Kier molecular flexibility index (Phi) is 2.30. The third kappa shape index (κ3) is 1.57. The van der Waals surface area contributed by atoms with Crippen molar-refractivity contribution in [1.29, 1.82) is 0 Å². The van der Waals surface area contributed by atoms with E-state index in [1.165, 1.54) is 17.6 Å². The topological polar surface area (TPSA) is 114 Å². The molecule has 4 aliphatic rings. The first kappa shape index (κ1) is 12.2. The van der Waals surface area contributed by atoms with Crippen LogP contribution in [0.2, 0.25) is 0 Å². The van der Waals surface area contributed by atoms with Gasteiger partial charge in [0.05, 0.1) is 6.54 Å². The Hall–Kier alpha value is -2.58. The molecule has 3 aliphatic heterocycles. The lowest BCUT2D eigenvalue weighted by molar-refractivity contribution is -0.159. The fraction of sp³-hybridized carbons (Fsp3) is 0.500. The van der Waals surface area contributed by atoms with Crippen molar-refractivity contribution >= 4 is 17.9 Å². The smallest absolute Gasteiger partial charge is 0.411 e. The van der Waals surface area contributed by atoms with Crippen LogP contribution in [0.4, 0.5) is 4.79 Å². The molecule has 1 saturated carbocycles. The summed E-state index contributed by atoms with van der Waals surface area (Å²) in [6.07, 6.45) is 2.15. The number of fused-ring (bicyclic) bond motifs is 2. The lowest BCUT2D eigenvalue weighted by Crippen LogP contribution is -2.73. The maximum Gasteiger partial charge on any atom is 0.411 e. The summed E-state index contributed by atoms with van der Waals surface area (Å²) in [5.74, 6) is -0.543. The second kappa shape index (κ2) is 3.96. The highest BCUT2D eigenvalue weighted by molar-refractivity contribution is 6.08. The van der Waals surface area contributed by atoms with Crippen LogP contribution in [0.3, 0.4) is 0 Å². The van der Waals surface area contributed by atoms with Gasteiger partial charge in [-0.1, -0.05) is 0 Å². The summed E-state index contributed by atoms with van der Waals surface area (Å²) >= 11 is 0. The maximum atomic E-state index is 12.1. The molecule has 21 heavy (non-hydrogen) atoms. The Labute approximate surface area is 118 Å². The molecule has 1 aromatic rings. The van der Waals surface area contributed by atoms with Crippen LogP contribution in [0.25, 0.3) is 0 Å². The first-order valence-corrected chi connectivity index (χ1v) is 6.55. The van der Waals surface area contributed by atoms with Crippen molar-refractivity contribution in [2.45, 2.75) is 24.5 Å². The van der Waals surface area contributed by atoms with Crippen molar-refractivity contribution in [3.05, 3.63) is 18.5 Å². The van der Waals surface area contributed by atoms with Crippen molar-refractivity contribution in [3.63, 3.8) is 0 Å². The molecule has 1 aromatic heterocycles. The molecular weight excluding hydrogens is 278 g/mol. The van der Waals surface area contributed by atoms with Gasteiger partial charge in [0, 0.05) is 5.92 Å². The number of carbonyl (C=O) groups is 3. The molecule has 4 heterocycles. The number of nitrogens with zero attached hydrogens (tertiary/aromatic N) is 4. The molecule has 9 nitrogen and oxygen atoms in total. The fourth-order valence-corrected chi connectivity index (χ4v) is 3.16.